The molecule has 42 heavy (non-hydrogen) atoms. The van der Waals surface area contributed by atoms with Crippen molar-refractivity contribution in [3.8, 4) is 5.75 Å². The summed E-state index contributed by atoms with van der Waals surface area (Å²) in [4.78, 5) is 82.1. The van der Waals surface area contributed by atoms with E-state index in [2.05, 4.69) is 12.2 Å². The van der Waals surface area contributed by atoms with Crippen molar-refractivity contribution in [3.05, 3.63) is 54.1 Å². The van der Waals surface area contributed by atoms with Gasteiger partial charge >= 0.3 is 6.03 Å². The number of urea groups is 1. The normalized spacial score (nSPS) is 22.8. The summed E-state index contributed by atoms with van der Waals surface area (Å²) in [6, 6.07) is 11.2. The quantitative estimate of drug-likeness (QED) is 0.276. The molecule has 0 bridgehead atoms. The molecule has 2 saturated heterocycles. The Bertz CT molecular complexity index is 1440. The number of nitrogens with one attached hydrogen (secondary N) is 1. The van der Waals surface area contributed by atoms with E-state index in [1.165, 1.54) is 17.0 Å². The summed E-state index contributed by atoms with van der Waals surface area (Å²) in [5.74, 6) is -2.98. The Kier molecular flexibility index (Phi) is 8.11. The number of fused-ring (bicyclic) bond motifs is 1. The summed E-state index contributed by atoms with van der Waals surface area (Å²) < 4.78 is 5.67. The van der Waals surface area contributed by atoms with Crippen molar-refractivity contribution < 1.29 is 33.5 Å². The van der Waals surface area contributed by atoms with Crippen molar-refractivity contribution in [3.63, 3.8) is 0 Å². The molecule has 5 rings (SSSR count). The summed E-state index contributed by atoms with van der Waals surface area (Å²) >= 11 is 0. The molecule has 2 aromatic rings. The third kappa shape index (κ3) is 5.38. The molecular weight excluding hydrogens is 540 g/mol. The van der Waals surface area contributed by atoms with Crippen LogP contribution in [0, 0.1) is 17.8 Å². The maximum absolute atomic E-state index is 13.6. The molecule has 2 aromatic carbocycles. The number of hydrogen-bond acceptors (Lipinski definition) is 7. The zero-order valence-corrected chi connectivity index (χ0v) is 23.9. The lowest BCUT2D eigenvalue weighted by Gasteiger charge is -2.25. The summed E-state index contributed by atoms with van der Waals surface area (Å²) in [6.45, 7) is 5.08. The zero-order chi connectivity index (χ0) is 30.1. The first-order chi connectivity index (χ1) is 20.1. The Labute approximate surface area is 243 Å². The lowest BCUT2D eigenvalue weighted by atomic mass is 9.76. The minimum Gasteiger partial charge on any atom is -0.492 e. The maximum atomic E-state index is 13.6. The molecular formula is C31H34N4O7. The number of ketones is 1. The third-order valence-corrected chi connectivity index (χ3v) is 8.15. The van der Waals surface area contributed by atoms with Crippen LogP contribution in [0.25, 0.3) is 0 Å². The average molecular weight is 575 g/mol. The molecule has 1 N–H and O–H groups in total. The van der Waals surface area contributed by atoms with Crippen molar-refractivity contribution in [2.45, 2.75) is 52.6 Å². The van der Waals surface area contributed by atoms with Crippen molar-refractivity contribution >= 4 is 46.8 Å². The van der Waals surface area contributed by atoms with Gasteiger partial charge in [-0.3, -0.25) is 24.0 Å². The van der Waals surface area contributed by atoms with Gasteiger partial charge < -0.3 is 15.0 Å². The second kappa shape index (κ2) is 11.8. The summed E-state index contributed by atoms with van der Waals surface area (Å²) in [6.07, 6.45) is 2.17. The fourth-order valence-electron chi connectivity index (χ4n) is 6.11. The lowest BCUT2D eigenvalue weighted by molar-refractivity contribution is -0.138. The number of benzene rings is 2. The topological polar surface area (TPSA) is 133 Å². The lowest BCUT2D eigenvalue weighted by Crippen LogP contribution is -2.51. The van der Waals surface area contributed by atoms with Crippen LogP contribution < -0.4 is 15.0 Å². The van der Waals surface area contributed by atoms with Gasteiger partial charge in [0.05, 0.1) is 29.8 Å². The van der Waals surface area contributed by atoms with E-state index in [0.29, 0.717) is 23.7 Å². The first kappa shape index (κ1) is 29.0. The average Bonchev–Trinajstić information content (AvgIpc) is 3.36. The minimum absolute atomic E-state index is 0.106. The van der Waals surface area contributed by atoms with Gasteiger partial charge in [0.15, 0.2) is 11.8 Å². The molecule has 3 aliphatic rings. The van der Waals surface area contributed by atoms with Crippen LogP contribution in [0.5, 0.6) is 5.75 Å². The van der Waals surface area contributed by atoms with Gasteiger partial charge in [-0.25, -0.2) is 14.6 Å². The molecule has 11 nitrogen and oxygen atoms in total. The molecule has 0 radical (unpaired) electrons. The van der Waals surface area contributed by atoms with Gasteiger partial charge in [-0.15, -0.1) is 0 Å². The first-order valence-electron chi connectivity index (χ1n) is 14.2. The Morgan fingerprint density at radius 3 is 2.40 bits per heavy atom. The Morgan fingerprint density at radius 1 is 1.00 bits per heavy atom. The van der Waals surface area contributed by atoms with E-state index in [-0.39, 0.29) is 60.5 Å². The molecule has 220 valence electrons. The highest BCUT2D eigenvalue weighted by Crippen LogP contribution is 2.43. The SMILES string of the molecule is CCOc1ccc(N2C(=O)C3CCC(C)CC3C2=O)cc1NC(=O)C(C(C)=O)N1C(=O)CN(Cc2ccccc2)C1=O. The molecule has 2 heterocycles. The van der Waals surface area contributed by atoms with E-state index in [9.17, 15) is 28.8 Å². The second-order valence-corrected chi connectivity index (χ2v) is 11.1. The third-order valence-electron chi connectivity index (χ3n) is 8.15. The number of Topliss-reactive ketones (excluding diaryl/α,β-unsaturated/α-hetero) is 1. The molecule has 0 spiro atoms. The van der Waals surface area contributed by atoms with E-state index in [1.807, 2.05) is 30.3 Å². The fourth-order valence-corrected chi connectivity index (χ4v) is 6.11. The van der Waals surface area contributed by atoms with Gasteiger partial charge in [-0.2, -0.15) is 0 Å². The van der Waals surface area contributed by atoms with Gasteiger partial charge in [0.2, 0.25) is 11.8 Å². The maximum Gasteiger partial charge on any atom is 0.328 e. The van der Waals surface area contributed by atoms with Crippen molar-refractivity contribution in [1.82, 2.24) is 9.80 Å². The summed E-state index contributed by atoms with van der Waals surface area (Å²) in [5.41, 5.74) is 1.17. The van der Waals surface area contributed by atoms with Crippen LogP contribution in [-0.2, 0) is 30.5 Å². The number of hydrogen-bond donors (Lipinski definition) is 1. The second-order valence-electron chi connectivity index (χ2n) is 11.1. The van der Waals surface area contributed by atoms with Crippen LogP contribution in [0.1, 0.15) is 45.6 Å². The van der Waals surface area contributed by atoms with Gasteiger partial charge in [0.1, 0.15) is 12.3 Å². The Morgan fingerprint density at radius 2 is 1.71 bits per heavy atom. The van der Waals surface area contributed by atoms with E-state index >= 15 is 0 Å². The van der Waals surface area contributed by atoms with Crippen LogP contribution >= 0.6 is 0 Å². The molecule has 4 unspecified atom stereocenters. The zero-order valence-electron chi connectivity index (χ0n) is 23.9. The molecule has 11 heteroatoms. The minimum atomic E-state index is -1.72. The number of ether oxygens (including phenoxy) is 1. The number of imide groups is 2. The largest absolute Gasteiger partial charge is 0.492 e. The highest BCUT2D eigenvalue weighted by atomic mass is 16.5. The first-order valence-corrected chi connectivity index (χ1v) is 14.2. The van der Waals surface area contributed by atoms with Gasteiger partial charge in [-0.05, 0) is 62.8 Å². The monoisotopic (exact) mass is 574 g/mol. The predicted molar refractivity (Wildman–Crippen MR) is 152 cm³/mol. The van der Waals surface area contributed by atoms with Gasteiger partial charge in [-0.1, -0.05) is 37.3 Å². The summed E-state index contributed by atoms with van der Waals surface area (Å²) in [7, 11) is 0. The molecule has 0 aromatic heterocycles. The van der Waals surface area contributed by atoms with Crippen LogP contribution in [0.3, 0.4) is 0 Å². The predicted octanol–water partition coefficient (Wildman–Crippen LogP) is 3.37. The van der Waals surface area contributed by atoms with Crippen molar-refractivity contribution in [2.75, 3.05) is 23.4 Å². The molecule has 6 amide bonds. The van der Waals surface area contributed by atoms with Crippen LogP contribution in [0.2, 0.25) is 0 Å². The molecule has 1 aliphatic carbocycles. The van der Waals surface area contributed by atoms with Crippen LogP contribution in [0.15, 0.2) is 48.5 Å². The summed E-state index contributed by atoms with van der Waals surface area (Å²) in [5, 5.41) is 2.62. The van der Waals surface area contributed by atoms with E-state index < -0.39 is 29.7 Å². The van der Waals surface area contributed by atoms with E-state index in [4.69, 9.17) is 4.74 Å². The Balaban J connectivity index is 1.40. The van der Waals surface area contributed by atoms with E-state index in [0.717, 1.165) is 23.8 Å². The van der Waals surface area contributed by atoms with Crippen molar-refractivity contribution in [1.29, 1.82) is 0 Å². The Hall–Kier alpha value is -4.54. The number of rotatable bonds is 9. The number of carbonyl (C=O) groups excluding carboxylic acids is 6. The molecule has 4 atom stereocenters. The number of nitrogens with zero attached hydrogens (tertiary/aromatic N) is 3. The molecule has 2 aliphatic heterocycles. The highest BCUT2D eigenvalue weighted by Gasteiger charge is 2.50. The number of amides is 6. The highest BCUT2D eigenvalue weighted by molar-refractivity contribution is 6.22. The fraction of sp³-hybridized carbons (Fsp3) is 0.419. The van der Waals surface area contributed by atoms with Gasteiger partial charge in [0, 0.05) is 6.54 Å². The smallest absolute Gasteiger partial charge is 0.328 e. The van der Waals surface area contributed by atoms with Gasteiger partial charge in [0.25, 0.3) is 11.8 Å². The molecule has 3 fully saturated rings. The van der Waals surface area contributed by atoms with Crippen molar-refractivity contribution in [2.24, 2.45) is 17.8 Å². The molecule has 1 saturated carbocycles. The van der Waals surface area contributed by atoms with E-state index in [1.54, 1.807) is 13.0 Å². The van der Waals surface area contributed by atoms with Crippen LogP contribution in [-0.4, -0.2) is 64.4 Å². The standard InChI is InChI=1S/C31H34N4O7/c1-4-42-25-13-11-21(34-29(39)22-12-10-18(2)14-23(22)30(34)40)15-24(25)32-28(38)27(19(3)36)35-26(37)17-33(31(35)41)16-20-8-6-5-7-9-20/h5-9,11,13,15,18,22-23,27H,4,10,12,14,16-17H2,1-3H3,(H,32,38). The van der Waals surface area contributed by atoms with Crippen LogP contribution in [0.4, 0.5) is 16.2 Å². The number of carbonyl (C=O) groups is 6. The number of anilines is 2.